The smallest absolute Gasteiger partial charge is 0.255 e. The zero-order valence-corrected chi connectivity index (χ0v) is 14.4. The van der Waals surface area contributed by atoms with Crippen molar-refractivity contribution < 1.29 is 4.79 Å². The lowest BCUT2D eigenvalue weighted by atomic mass is 10.0. The van der Waals surface area contributed by atoms with Crippen molar-refractivity contribution in [2.75, 3.05) is 10.6 Å². The minimum Gasteiger partial charge on any atom is -0.363 e. The molecule has 6 heteroatoms. The van der Waals surface area contributed by atoms with Gasteiger partial charge < -0.3 is 10.6 Å². The number of nitrogens with one attached hydrogen (secondary N) is 3. The predicted octanol–water partition coefficient (Wildman–Crippen LogP) is 3.57. The molecule has 1 aliphatic rings. The van der Waals surface area contributed by atoms with E-state index in [0.717, 1.165) is 34.4 Å². The molecule has 6 nitrogen and oxygen atoms in total. The summed E-state index contributed by atoms with van der Waals surface area (Å²) in [6.45, 7) is 2.01. The number of benzene rings is 1. The zero-order valence-electron chi connectivity index (χ0n) is 14.4. The first-order valence-electron chi connectivity index (χ1n) is 8.50. The van der Waals surface area contributed by atoms with E-state index in [1.54, 1.807) is 12.4 Å². The average Bonchev–Trinajstić information content (AvgIpc) is 3.12. The molecular weight excluding hydrogens is 326 g/mol. The quantitative estimate of drug-likeness (QED) is 0.675. The Morgan fingerprint density at radius 3 is 3.12 bits per heavy atom. The van der Waals surface area contributed by atoms with Gasteiger partial charge in [-0.05, 0) is 49.2 Å². The second-order valence-electron chi connectivity index (χ2n) is 6.31. The number of anilines is 2. The number of carbonyl (C=O) groups is 1. The molecule has 0 radical (unpaired) electrons. The molecule has 130 valence electrons. The monoisotopic (exact) mass is 345 g/mol. The molecule has 3 N–H and O–H groups in total. The van der Waals surface area contributed by atoms with Gasteiger partial charge >= 0.3 is 0 Å². The number of hydrogen-bond donors (Lipinski definition) is 3. The topological polar surface area (TPSA) is 82.7 Å². The summed E-state index contributed by atoms with van der Waals surface area (Å²) in [6, 6.07) is 9.62. The first kappa shape index (κ1) is 16.1. The number of aromatic amines is 1. The summed E-state index contributed by atoms with van der Waals surface area (Å²) in [6.07, 6.45) is 10.1. The van der Waals surface area contributed by atoms with Crippen LogP contribution < -0.4 is 10.6 Å². The molecule has 1 atom stereocenters. The van der Waals surface area contributed by atoms with Gasteiger partial charge in [-0.15, -0.1) is 0 Å². The Labute approximate surface area is 151 Å². The van der Waals surface area contributed by atoms with Crippen LogP contribution in [0.2, 0.25) is 0 Å². The summed E-state index contributed by atoms with van der Waals surface area (Å²) < 4.78 is 0. The Morgan fingerprint density at radius 1 is 1.31 bits per heavy atom. The third kappa shape index (κ3) is 3.35. The minimum atomic E-state index is -0.135. The molecule has 0 spiro atoms. The Balaban J connectivity index is 1.48. The lowest BCUT2D eigenvalue weighted by Crippen LogP contribution is -2.23. The third-order valence-corrected chi connectivity index (χ3v) is 4.36. The predicted molar refractivity (Wildman–Crippen MR) is 103 cm³/mol. The summed E-state index contributed by atoms with van der Waals surface area (Å²) in [5.41, 5.74) is 3.33. The van der Waals surface area contributed by atoms with E-state index in [1.165, 1.54) is 0 Å². The lowest BCUT2D eigenvalue weighted by Gasteiger charge is -2.19. The third-order valence-electron chi connectivity index (χ3n) is 4.36. The number of pyridine rings is 1. The molecule has 1 amide bonds. The fourth-order valence-corrected chi connectivity index (χ4v) is 2.96. The summed E-state index contributed by atoms with van der Waals surface area (Å²) in [4.78, 5) is 17.0. The van der Waals surface area contributed by atoms with Gasteiger partial charge in [-0.1, -0.05) is 18.2 Å². The fraction of sp³-hybridized carbons (Fsp3) is 0.150. The van der Waals surface area contributed by atoms with Crippen molar-refractivity contribution in [1.29, 1.82) is 0 Å². The van der Waals surface area contributed by atoms with Gasteiger partial charge in [0.25, 0.3) is 5.91 Å². The fourth-order valence-electron chi connectivity index (χ4n) is 2.96. The molecular formula is C20H19N5O. The molecule has 0 fully saturated rings. The van der Waals surface area contributed by atoms with E-state index < -0.39 is 0 Å². The molecule has 0 saturated heterocycles. The van der Waals surface area contributed by atoms with E-state index >= 15 is 0 Å². The number of fused-ring (bicyclic) bond motifs is 1. The normalized spacial score (nSPS) is 16.3. The average molecular weight is 345 g/mol. The summed E-state index contributed by atoms with van der Waals surface area (Å²) >= 11 is 0. The number of aryl methyl sites for hydroxylation is 1. The van der Waals surface area contributed by atoms with Gasteiger partial charge in [0, 0.05) is 22.8 Å². The van der Waals surface area contributed by atoms with Crippen molar-refractivity contribution in [3.8, 4) is 0 Å². The Morgan fingerprint density at radius 2 is 2.23 bits per heavy atom. The molecule has 0 bridgehead atoms. The SMILES string of the molecule is Cc1cccnc1NC1C=C(C(=O)Nc2ccc3cn[nH]c3c2)C=CC1. The summed E-state index contributed by atoms with van der Waals surface area (Å²) in [5, 5.41) is 14.2. The van der Waals surface area contributed by atoms with E-state index in [4.69, 9.17) is 0 Å². The van der Waals surface area contributed by atoms with Crippen molar-refractivity contribution in [1.82, 2.24) is 15.2 Å². The van der Waals surface area contributed by atoms with E-state index in [0.29, 0.717) is 5.57 Å². The van der Waals surface area contributed by atoms with Gasteiger partial charge in [0.15, 0.2) is 0 Å². The number of amides is 1. The standard InChI is InChI=1S/C20H19N5O/c1-13-4-3-9-21-19(13)23-16-6-2-5-14(10-16)20(26)24-17-8-7-15-12-22-25-18(15)11-17/h2-5,7-12,16H,6H2,1H3,(H,21,23)(H,22,25)(H,24,26). The molecule has 26 heavy (non-hydrogen) atoms. The van der Waals surface area contributed by atoms with Crippen molar-refractivity contribution in [3.05, 3.63) is 72.1 Å². The van der Waals surface area contributed by atoms with E-state index in [2.05, 4.69) is 25.8 Å². The highest BCUT2D eigenvalue weighted by atomic mass is 16.1. The van der Waals surface area contributed by atoms with E-state index in [1.807, 2.05) is 55.5 Å². The molecule has 0 saturated carbocycles. The first-order chi connectivity index (χ1) is 12.7. The molecule has 2 aromatic heterocycles. The van der Waals surface area contributed by atoms with Crippen molar-refractivity contribution in [2.45, 2.75) is 19.4 Å². The Bertz CT molecular complexity index is 1020. The number of aromatic nitrogens is 3. The van der Waals surface area contributed by atoms with Crippen LogP contribution in [0.5, 0.6) is 0 Å². The number of nitrogens with zero attached hydrogens (tertiary/aromatic N) is 2. The summed E-state index contributed by atoms with van der Waals surface area (Å²) in [5.74, 6) is 0.706. The van der Waals surface area contributed by atoms with Crippen LogP contribution >= 0.6 is 0 Å². The van der Waals surface area contributed by atoms with E-state index in [9.17, 15) is 4.79 Å². The van der Waals surface area contributed by atoms with Crippen LogP contribution in [0.4, 0.5) is 11.5 Å². The maximum atomic E-state index is 12.6. The molecule has 4 rings (SSSR count). The van der Waals surface area contributed by atoms with Gasteiger partial charge in [-0.3, -0.25) is 9.89 Å². The van der Waals surface area contributed by atoms with Crippen LogP contribution in [0.25, 0.3) is 10.9 Å². The van der Waals surface area contributed by atoms with Gasteiger partial charge in [0.05, 0.1) is 17.8 Å². The Hall–Kier alpha value is -3.41. The first-order valence-corrected chi connectivity index (χ1v) is 8.50. The molecule has 1 aliphatic carbocycles. The molecule has 3 aromatic rings. The maximum Gasteiger partial charge on any atom is 0.255 e. The Kier molecular flexibility index (Phi) is 4.23. The van der Waals surface area contributed by atoms with Gasteiger partial charge in [0.2, 0.25) is 0 Å². The van der Waals surface area contributed by atoms with Crippen LogP contribution in [-0.4, -0.2) is 27.1 Å². The number of H-pyrrole nitrogens is 1. The molecule has 0 aliphatic heterocycles. The van der Waals surface area contributed by atoms with Crippen molar-refractivity contribution in [2.24, 2.45) is 0 Å². The van der Waals surface area contributed by atoms with Crippen LogP contribution in [0, 0.1) is 6.92 Å². The van der Waals surface area contributed by atoms with Crippen LogP contribution in [0.15, 0.2) is 66.5 Å². The highest BCUT2D eigenvalue weighted by molar-refractivity contribution is 6.06. The highest BCUT2D eigenvalue weighted by Gasteiger charge is 2.16. The molecule has 1 aromatic carbocycles. The zero-order chi connectivity index (χ0) is 17.9. The highest BCUT2D eigenvalue weighted by Crippen LogP contribution is 2.20. The second-order valence-corrected chi connectivity index (χ2v) is 6.31. The van der Waals surface area contributed by atoms with Gasteiger partial charge in [0.1, 0.15) is 5.82 Å². The van der Waals surface area contributed by atoms with Crippen molar-refractivity contribution >= 4 is 28.3 Å². The van der Waals surface area contributed by atoms with Gasteiger partial charge in [-0.2, -0.15) is 5.10 Å². The maximum absolute atomic E-state index is 12.6. The number of rotatable bonds is 4. The lowest BCUT2D eigenvalue weighted by molar-refractivity contribution is -0.112. The number of hydrogen-bond acceptors (Lipinski definition) is 4. The largest absolute Gasteiger partial charge is 0.363 e. The van der Waals surface area contributed by atoms with Crippen LogP contribution in [-0.2, 0) is 4.79 Å². The summed E-state index contributed by atoms with van der Waals surface area (Å²) in [7, 11) is 0. The van der Waals surface area contributed by atoms with E-state index in [-0.39, 0.29) is 11.9 Å². The van der Waals surface area contributed by atoms with Crippen LogP contribution in [0.3, 0.4) is 0 Å². The minimum absolute atomic E-state index is 0.0319. The molecule has 2 heterocycles. The van der Waals surface area contributed by atoms with Crippen molar-refractivity contribution in [3.63, 3.8) is 0 Å². The van der Waals surface area contributed by atoms with Gasteiger partial charge in [-0.25, -0.2) is 4.98 Å². The molecule has 1 unspecified atom stereocenters. The second kappa shape index (κ2) is 6.84. The number of carbonyl (C=O) groups excluding carboxylic acids is 1. The van der Waals surface area contributed by atoms with Crippen LogP contribution in [0.1, 0.15) is 12.0 Å².